The summed E-state index contributed by atoms with van der Waals surface area (Å²) in [7, 11) is 1.63. The first-order chi connectivity index (χ1) is 12.7. The lowest BCUT2D eigenvalue weighted by molar-refractivity contribution is 0.174. The first kappa shape index (κ1) is 18.6. The Morgan fingerprint density at radius 1 is 1.07 bits per heavy atom. The van der Waals surface area contributed by atoms with Gasteiger partial charge in [-0.05, 0) is 29.8 Å². The van der Waals surface area contributed by atoms with E-state index in [4.69, 9.17) is 19.9 Å². The first-order valence-electron chi connectivity index (χ1n) is 8.12. The molecule has 0 saturated carbocycles. The summed E-state index contributed by atoms with van der Waals surface area (Å²) in [4.78, 5) is 8.57. The van der Waals surface area contributed by atoms with Gasteiger partial charge in [-0.25, -0.2) is 4.98 Å². The summed E-state index contributed by atoms with van der Waals surface area (Å²) in [6.07, 6.45) is 0. The monoisotopic (exact) mass is 386 g/mol. The highest BCUT2D eigenvalue weighted by Crippen LogP contribution is 2.32. The van der Waals surface area contributed by atoms with Gasteiger partial charge in [0, 0.05) is 18.2 Å². The second kappa shape index (κ2) is 8.01. The molecule has 0 radical (unpaired) electrons. The van der Waals surface area contributed by atoms with Gasteiger partial charge in [0.05, 0.1) is 12.8 Å². The number of halogens is 1. The molecule has 0 unspecified atom stereocenters. The average Bonchev–Trinajstić information content (AvgIpc) is 3.14. The number of rotatable bonds is 5. The van der Waals surface area contributed by atoms with E-state index in [1.807, 2.05) is 48.5 Å². The largest absolute Gasteiger partial charge is 0.497 e. The Morgan fingerprint density at radius 2 is 1.93 bits per heavy atom. The molecule has 2 heterocycles. The van der Waals surface area contributed by atoms with Crippen LogP contribution in [0.4, 0.5) is 11.8 Å². The highest BCUT2D eigenvalue weighted by molar-refractivity contribution is 5.85. The molecule has 140 valence electrons. The quantitative estimate of drug-likeness (QED) is 0.693. The number of fused-ring (bicyclic) bond motifs is 1. The van der Waals surface area contributed by atoms with Crippen LogP contribution in [0.15, 0.2) is 48.5 Å². The Kier molecular flexibility index (Phi) is 5.52. The minimum Gasteiger partial charge on any atom is -0.497 e. The van der Waals surface area contributed by atoms with E-state index in [1.165, 1.54) is 0 Å². The van der Waals surface area contributed by atoms with Crippen molar-refractivity contribution in [1.29, 1.82) is 0 Å². The van der Waals surface area contributed by atoms with Gasteiger partial charge in [-0.15, -0.1) is 12.4 Å². The molecule has 7 nitrogen and oxygen atoms in total. The Morgan fingerprint density at radius 3 is 2.78 bits per heavy atom. The lowest BCUT2D eigenvalue weighted by Gasteiger charge is -2.10. The van der Waals surface area contributed by atoms with E-state index in [2.05, 4.69) is 15.3 Å². The molecule has 0 saturated heterocycles. The molecular formula is C19H19ClN4O3. The molecule has 2 aromatic carbocycles. The third-order valence-electron chi connectivity index (χ3n) is 4.02. The Bertz CT molecular complexity index is 952. The van der Waals surface area contributed by atoms with E-state index >= 15 is 0 Å². The zero-order valence-corrected chi connectivity index (χ0v) is 15.5. The van der Waals surface area contributed by atoms with Gasteiger partial charge in [0.1, 0.15) is 11.6 Å². The normalized spacial score (nSPS) is 11.6. The number of anilines is 2. The van der Waals surface area contributed by atoms with Gasteiger partial charge in [0.25, 0.3) is 0 Å². The van der Waals surface area contributed by atoms with Gasteiger partial charge in [0.2, 0.25) is 12.7 Å². The van der Waals surface area contributed by atoms with E-state index in [0.29, 0.717) is 12.4 Å². The van der Waals surface area contributed by atoms with Crippen molar-refractivity contribution >= 4 is 24.2 Å². The molecule has 8 heteroatoms. The van der Waals surface area contributed by atoms with Gasteiger partial charge in [0.15, 0.2) is 11.5 Å². The maximum absolute atomic E-state index is 5.88. The van der Waals surface area contributed by atoms with Crippen LogP contribution in [0.1, 0.15) is 5.56 Å². The third kappa shape index (κ3) is 4.15. The van der Waals surface area contributed by atoms with Crippen LogP contribution in [0.3, 0.4) is 0 Å². The van der Waals surface area contributed by atoms with E-state index in [0.717, 1.165) is 34.1 Å². The molecule has 1 aromatic heterocycles. The van der Waals surface area contributed by atoms with Gasteiger partial charge in [-0.2, -0.15) is 4.98 Å². The van der Waals surface area contributed by atoms with Crippen LogP contribution in [-0.4, -0.2) is 23.9 Å². The molecule has 1 aliphatic heterocycles. The Balaban J connectivity index is 0.00000210. The summed E-state index contributed by atoms with van der Waals surface area (Å²) < 4.78 is 16.0. The fourth-order valence-corrected chi connectivity index (χ4v) is 2.73. The summed E-state index contributed by atoms with van der Waals surface area (Å²) in [5.41, 5.74) is 8.56. The van der Waals surface area contributed by atoms with Gasteiger partial charge < -0.3 is 25.3 Å². The van der Waals surface area contributed by atoms with Crippen LogP contribution in [0.25, 0.3) is 11.3 Å². The predicted octanol–water partition coefficient (Wildman–Crippen LogP) is 3.50. The Hall–Kier alpha value is -3.19. The molecule has 0 amide bonds. The van der Waals surface area contributed by atoms with Crippen molar-refractivity contribution in [2.75, 3.05) is 25.0 Å². The minimum atomic E-state index is 0. The molecule has 0 aliphatic carbocycles. The van der Waals surface area contributed by atoms with Crippen molar-refractivity contribution in [3.63, 3.8) is 0 Å². The molecule has 27 heavy (non-hydrogen) atoms. The number of benzene rings is 2. The number of aromatic nitrogens is 2. The molecule has 0 bridgehead atoms. The lowest BCUT2D eigenvalue weighted by atomic mass is 10.1. The summed E-state index contributed by atoms with van der Waals surface area (Å²) >= 11 is 0. The standard InChI is InChI=1S/C19H18N4O3.ClH/c1-24-14-4-2-3-13(8-14)15-9-18(23-19(20)22-15)21-10-12-5-6-16-17(7-12)26-11-25-16;/h2-9H,10-11H2,1H3,(H3,20,21,22,23);1H. The van der Waals surface area contributed by atoms with Gasteiger partial charge >= 0.3 is 0 Å². The molecular weight excluding hydrogens is 368 g/mol. The van der Waals surface area contributed by atoms with Crippen molar-refractivity contribution in [3.05, 3.63) is 54.1 Å². The maximum atomic E-state index is 5.88. The van der Waals surface area contributed by atoms with Crippen LogP contribution >= 0.6 is 12.4 Å². The van der Waals surface area contributed by atoms with Crippen LogP contribution in [0.2, 0.25) is 0 Å². The second-order valence-electron chi connectivity index (χ2n) is 5.77. The van der Waals surface area contributed by atoms with Crippen molar-refractivity contribution in [2.45, 2.75) is 6.54 Å². The van der Waals surface area contributed by atoms with Crippen LogP contribution in [0, 0.1) is 0 Å². The van der Waals surface area contributed by atoms with Crippen molar-refractivity contribution in [1.82, 2.24) is 9.97 Å². The number of nitrogen functional groups attached to an aromatic ring is 1. The number of nitrogens with zero attached hydrogens (tertiary/aromatic N) is 2. The Labute approximate surface area is 162 Å². The molecule has 3 N–H and O–H groups in total. The molecule has 0 atom stereocenters. The minimum absolute atomic E-state index is 0. The number of hydrogen-bond acceptors (Lipinski definition) is 7. The number of ether oxygens (including phenoxy) is 3. The second-order valence-corrected chi connectivity index (χ2v) is 5.77. The number of methoxy groups -OCH3 is 1. The van der Waals surface area contributed by atoms with E-state index in [-0.39, 0.29) is 25.1 Å². The number of hydrogen-bond donors (Lipinski definition) is 2. The molecule has 4 rings (SSSR count). The van der Waals surface area contributed by atoms with E-state index in [1.54, 1.807) is 7.11 Å². The van der Waals surface area contributed by atoms with E-state index in [9.17, 15) is 0 Å². The molecule has 3 aromatic rings. The van der Waals surface area contributed by atoms with Crippen molar-refractivity contribution in [3.8, 4) is 28.5 Å². The highest BCUT2D eigenvalue weighted by atomic mass is 35.5. The van der Waals surface area contributed by atoms with Crippen molar-refractivity contribution < 1.29 is 14.2 Å². The average molecular weight is 387 g/mol. The predicted molar refractivity (Wildman–Crippen MR) is 106 cm³/mol. The molecule has 0 spiro atoms. The highest BCUT2D eigenvalue weighted by Gasteiger charge is 2.13. The number of nitrogens with one attached hydrogen (secondary N) is 1. The van der Waals surface area contributed by atoms with Crippen LogP contribution in [0.5, 0.6) is 17.2 Å². The lowest BCUT2D eigenvalue weighted by Crippen LogP contribution is -2.05. The van der Waals surface area contributed by atoms with Crippen LogP contribution in [-0.2, 0) is 6.54 Å². The summed E-state index contributed by atoms with van der Waals surface area (Å²) in [6, 6.07) is 15.3. The fraction of sp³-hybridized carbons (Fsp3) is 0.158. The summed E-state index contributed by atoms with van der Waals surface area (Å²) in [5, 5.41) is 3.27. The van der Waals surface area contributed by atoms with Crippen molar-refractivity contribution in [2.24, 2.45) is 0 Å². The summed E-state index contributed by atoms with van der Waals surface area (Å²) in [5.74, 6) is 3.13. The zero-order valence-electron chi connectivity index (χ0n) is 14.6. The smallest absolute Gasteiger partial charge is 0.231 e. The topological polar surface area (TPSA) is 91.5 Å². The van der Waals surface area contributed by atoms with Gasteiger partial charge in [-0.3, -0.25) is 0 Å². The molecule has 0 fully saturated rings. The zero-order chi connectivity index (χ0) is 17.9. The van der Waals surface area contributed by atoms with Gasteiger partial charge in [-0.1, -0.05) is 18.2 Å². The summed E-state index contributed by atoms with van der Waals surface area (Å²) in [6.45, 7) is 0.837. The number of nitrogens with two attached hydrogens (primary N) is 1. The van der Waals surface area contributed by atoms with Crippen LogP contribution < -0.4 is 25.3 Å². The first-order valence-corrected chi connectivity index (χ1v) is 8.12. The SMILES string of the molecule is COc1cccc(-c2cc(NCc3ccc4c(c3)OCO4)nc(N)n2)c1.Cl. The van der Waals surface area contributed by atoms with E-state index < -0.39 is 0 Å². The fourth-order valence-electron chi connectivity index (χ4n) is 2.73. The maximum Gasteiger partial charge on any atom is 0.231 e. The third-order valence-corrected chi connectivity index (χ3v) is 4.02. The molecule has 1 aliphatic rings.